The van der Waals surface area contributed by atoms with E-state index in [2.05, 4.69) is 15.6 Å². The minimum absolute atomic E-state index is 0.261. The van der Waals surface area contributed by atoms with Crippen LogP contribution in [0.4, 0.5) is 4.79 Å². The van der Waals surface area contributed by atoms with Gasteiger partial charge in [-0.05, 0) is 30.7 Å². The van der Waals surface area contributed by atoms with Crippen molar-refractivity contribution in [3.63, 3.8) is 0 Å². The molecule has 0 radical (unpaired) electrons. The molecule has 1 heterocycles. The normalized spacial score (nSPS) is 13.2. The topological polar surface area (TPSA) is 91.3 Å². The highest BCUT2D eigenvalue weighted by molar-refractivity contribution is 5.86. The van der Waals surface area contributed by atoms with E-state index in [1.165, 1.54) is 0 Å². The third-order valence-corrected chi connectivity index (χ3v) is 3.51. The van der Waals surface area contributed by atoms with Crippen LogP contribution in [0, 0.1) is 0 Å². The van der Waals surface area contributed by atoms with Crippen LogP contribution in [0.5, 0.6) is 0 Å². The van der Waals surface area contributed by atoms with Crippen LogP contribution in [0.3, 0.4) is 0 Å². The molecule has 2 amide bonds. The van der Waals surface area contributed by atoms with Crippen LogP contribution in [0.1, 0.15) is 18.2 Å². The molecule has 6 nitrogen and oxygen atoms in total. The summed E-state index contributed by atoms with van der Waals surface area (Å²) >= 11 is 0. The molecule has 3 N–H and O–H groups in total. The van der Waals surface area contributed by atoms with Crippen LogP contribution >= 0.6 is 0 Å². The van der Waals surface area contributed by atoms with Crippen molar-refractivity contribution < 1.29 is 14.7 Å². The molecule has 2 aromatic rings. The maximum absolute atomic E-state index is 12.4. The molecule has 1 aromatic heterocycles. The summed E-state index contributed by atoms with van der Waals surface area (Å²) in [6.07, 6.45) is 4.36. The zero-order valence-electron chi connectivity index (χ0n) is 13.9. The second-order valence-corrected chi connectivity index (χ2v) is 5.60. The molecule has 2 unspecified atom stereocenters. The molecule has 130 valence electrons. The van der Waals surface area contributed by atoms with Gasteiger partial charge in [0.2, 0.25) is 5.91 Å². The molecule has 2 rings (SSSR count). The number of carbonyl (C=O) groups excluding carboxylic acids is 1. The highest BCUT2D eigenvalue weighted by atomic mass is 16.4. The monoisotopic (exact) mass is 339 g/mol. The molecular weight excluding hydrogens is 318 g/mol. The summed E-state index contributed by atoms with van der Waals surface area (Å²) in [5, 5.41) is 14.1. The molecule has 0 aliphatic rings. The van der Waals surface area contributed by atoms with Gasteiger partial charge in [0.1, 0.15) is 6.04 Å². The highest BCUT2D eigenvalue weighted by Gasteiger charge is 2.21. The van der Waals surface area contributed by atoms with E-state index < -0.39 is 12.1 Å². The molecule has 1 aromatic carbocycles. The summed E-state index contributed by atoms with van der Waals surface area (Å²) in [6.45, 7) is 1.82. The summed E-state index contributed by atoms with van der Waals surface area (Å²) in [5.41, 5.74) is 1.67. The molecule has 0 bridgehead atoms. The minimum atomic E-state index is -1.23. The predicted octanol–water partition coefficient (Wildman–Crippen LogP) is 2.48. The molecular formula is C19H21N3O3. The fourth-order valence-corrected chi connectivity index (χ4v) is 2.30. The fraction of sp³-hybridized carbons (Fsp3) is 0.211. The Morgan fingerprint density at radius 1 is 1.12 bits per heavy atom. The Morgan fingerprint density at radius 3 is 2.48 bits per heavy atom. The number of pyridine rings is 1. The molecule has 0 aliphatic heterocycles. The number of rotatable bonds is 7. The van der Waals surface area contributed by atoms with Crippen molar-refractivity contribution >= 4 is 18.1 Å². The van der Waals surface area contributed by atoms with E-state index in [1.54, 1.807) is 12.3 Å². The van der Waals surface area contributed by atoms with Gasteiger partial charge in [-0.1, -0.05) is 42.5 Å². The summed E-state index contributed by atoms with van der Waals surface area (Å²) in [6, 6.07) is 13.7. The number of hydrogen-bond donors (Lipinski definition) is 3. The van der Waals surface area contributed by atoms with Gasteiger partial charge >= 0.3 is 6.09 Å². The first-order chi connectivity index (χ1) is 12.0. The number of aromatic nitrogens is 1. The smallest absolute Gasteiger partial charge is 0.405 e. The predicted molar refractivity (Wildman–Crippen MR) is 96.0 cm³/mol. The van der Waals surface area contributed by atoms with Gasteiger partial charge in [-0.25, -0.2) is 4.79 Å². The van der Waals surface area contributed by atoms with Gasteiger partial charge < -0.3 is 15.7 Å². The fourth-order valence-electron chi connectivity index (χ4n) is 2.30. The van der Waals surface area contributed by atoms with Crippen LogP contribution in [-0.4, -0.2) is 34.2 Å². The average Bonchev–Trinajstić information content (AvgIpc) is 2.61. The number of amides is 2. The van der Waals surface area contributed by atoms with Crippen molar-refractivity contribution in [2.45, 2.75) is 25.4 Å². The Hall–Kier alpha value is -3.15. The first-order valence-electron chi connectivity index (χ1n) is 7.97. The van der Waals surface area contributed by atoms with E-state index in [9.17, 15) is 9.59 Å². The Kier molecular flexibility index (Phi) is 6.71. The summed E-state index contributed by atoms with van der Waals surface area (Å²) in [4.78, 5) is 27.6. The maximum atomic E-state index is 12.4. The van der Waals surface area contributed by atoms with Crippen LogP contribution in [0.15, 0.2) is 60.8 Å². The standard InChI is InChI=1S/C19H21N3O3/c1-14(10-11-16-9-5-6-12-20-16)21-18(23)17(22-19(24)25)13-15-7-3-2-4-8-15/h2-12,14,17,22H,13H2,1H3,(H,21,23)(H,24,25)/b11-10+. The maximum Gasteiger partial charge on any atom is 0.405 e. The second kappa shape index (κ2) is 9.22. The zero-order valence-corrected chi connectivity index (χ0v) is 13.9. The van der Waals surface area contributed by atoms with Crippen molar-refractivity contribution in [2.24, 2.45) is 0 Å². The third-order valence-electron chi connectivity index (χ3n) is 3.51. The van der Waals surface area contributed by atoms with Crippen LogP contribution in [-0.2, 0) is 11.2 Å². The van der Waals surface area contributed by atoms with Crippen molar-refractivity contribution in [3.05, 3.63) is 72.1 Å². The number of nitrogens with zero attached hydrogens (tertiary/aromatic N) is 1. The Labute approximate surface area is 146 Å². The first-order valence-corrected chi connectivity index (χ1v) is 7.97. The van der Waals surface area contributed by atoms with Crippen LogP contribution in [0.2, 0.25) is 0 Å². The Morgan fingerprint density at radius 2 is 1.84 bits per heavy atom. The lowest BCUT2D eigenvalue weighted by Gasteiger charge is -2.19. The van der Waals surface area contributed by atoms with Crippen molar-refractivity contribution in [1.29, 1.82) is 0 Å². The lowest BCUT2D eigenvalue weighted by atomic mass is 10.1. The van der Waals surface area contributed by atoms with E-state index in [-0.39, 0.29) is 18.4 Å². The van der Waals surface area contributed by atoms with Crippen molar-refractivity contribution in [3.8, 4) is 0 Å². The van der Waals surface area contributed by atoms with Gasteiger partial charge in [-0.15, -0.1) is 0 Å². The van der Waals surface area contributed by atoms with E-state index in [0.29, 0.717) is 0 Å². The molecule has 2 atom stereocenters. The number of carboxylic acid groups (broad SMARTS) is 1. The molecule has 6 heteroatoms. The summed E-state index contributed by atoms with van der Waals surface area (Å²) in [5.74, 6) is -0.371. The van der Waals surface area contributed by atoms with Crippen LogP contribution < -0.4 is 10.6 Å². The average molecular weight is 339 g/mol. The number of hydrogen-bond acceptors (Lipinski definition) is 3. The SMILES string of the molecule is CC(/C=C/c1ccccn1)NC(=O)C(Cc1ccccc1)NC(=O)O. The van der Waals surface area contributed by atoms with E-state index in [1.807, 2.05) is 61.5 Å². The number of benzene rings is 1. The van der Waals surface area contributed by atoms with Crippen LogP contribution in [0.25, 0.3) is 6.08 Å². The highest BCUT2D eigenvalue weighted by Crippen LogP contribution is 2.05. The number of carbonyl (C=O) groups is 2. The quantitative estimate of drug-likeness (QED) is 0.723. The lowest BCUT2D eigenvalue weighted by Crippen LogP contribution is -2.49. The van der Waals surface area contributed by atoms with Gasteiger partial charge in [0.15, 0.2) is 0 Å². The largest absolute Gasteiger partial charge is 0.465 e. The third kappa shape index (κ3) is 6.47. The lowest BCUT2D eigenvalue weighted by molar-refractivity contribution is -0.123. The summed E-state index contributed by atoms with van der Waals surface area (Å²) < 4.78 is 0. The number of nitrogens with one attached hydrogen (secondary N) is 2. The molecule has 0 saturated heterocycles. The van der Waals surface area contributed by atoms with Gasteiger partial charge in [0, 0.05) is 18.7 Å². The Balaban J connectivity index is 1.98. The molecule has 0 spiro atoms. The first kappa shape index (κ1) is 18.2. The molecule has 0 aliphatic carbocycles. The Bertz CT molecular complexity index is 717. The van der Waals surface area contributed by atoms with Gasteiger partial charge in [-0.3, -0.25) is 9.78 Å². The van der Waals surface area contributed by atoms with E-state index >= 15 is 0 Å². The van der Waals surface area contributed by atoms with E-state index in [4.69, 9.17) is 5.11 Å². The zero-order chi connectivity index (χ0) is 18.1. The minimum Gasteiger partial charge on any atom is -0.465 e. The van der Waals surface area contributed by atoms with Gasteiger partial charge in [-0.2, -0.15) is 0 Å². The summed E-state index contributed by atoms with van der Waals surface area (Å²) in [7, 11) is 0. The molecule has 0 fully saturated rings. The van der Waals surface area contributed by atoms with Crippen molar-refractivity contribution in [1.82, 2.24) is 15.6 Å². The second-order valence-electron chi connectivity index (χ2n) is 5.60. The van der Waals surface area contributed by atoms with Gasteiger partial charge in [0.05, 0.1) is 5.69 Å². The molecule has 0 saturated carbocycles. The van der Waals surface area contributed by atoms with Gasteiger partial charge in [0.25, 0.3) is 0 Å². The molecule has 25 heavy (non-hydrogen) atoms. The van der Waals surface area contributed by atoms with Crippen molar-refractivity contribution in [2.75, 3.05) is 0 Å². The van der Waals surface area contributed by atoms with E-state index in [0.717, 1.165) is 11.3 Å².